The first-order chi connectivity index (χ1) is 9.74. The van der Waals surface area contributed by atoms with Crippen LogP contribution in [0.3, 0.4) is 0 Å². The number of anilines is 1. The van der Waals surface area contributed by atoms with Crippen molar-refractivity contribution in [3.63, 3.8) is 0 Å². The van der Waals surface area contributed by atoms with Gasteiger partial charge in [-0.2, -0.15) is 5.10 Å². The Morgan fingerprint density at radius 2 is 2.25 bits per heavy atom. The van der Waals surface area contributed by atoms with Gasteiger partial charge in [-0.3, -0.25) is 5.10 Å². The van der Waals surface area contributed by atoms with E-state index < -0.39 is 0 Å². The van der Waals surface area contributed by atoms with Crippen LogP contribution < -0.4 is 4.90 Å². The van der Waals surface area contributed by atoms with Crippen LogP contribution in [-0.2, 0) is 4.74 Å². The Morgan fingerprint density at radius 1 is 1.40 bits per heavy atom. The monoisotopic (exact) mass is 272 g/mol. The Bertz CT molecular complexity index is 647. The molecule has 1 aliphatic heterocycles. The fourth-order valence-electron chi connectivity index (χ4n) is 3.13. The predicted octanol–water partition coefficient (Wildman–Crippen LogP) is 2.37. The zero-order valence-corrected chi connectivity index (χ0v) is 12.0. The summed E-state index contributed by atoms with van der Waals surface area (Å²) < 4.78 is 5.52. The maximum Gasteiger partial charge on any atom is 0.183 e. The van der Waals surface area contributed by atoms with E-state index in [0.717, 1.165) is 36.9 Å². The molecule has 5 nitrogen and oxygen atoms in total. The van der Waals surface area contributed by atoms with E-state index >= 15 is 0 Å². The Kier molecular flexibility index (Phi) is 2.70. The summed E-state index contributed by atoms with van der Waals surface area (Å²) in [5.74, 6) is 1.76. The van der Waals surface area contributed by atoms with Gasteiger partial charge in [0, 0.05) is 17.6 Å². The first-order valence-corrected chi connectivity index (χ1v) is 7.44. The molecular formula is C15H20N4O. The molecule has 20 heavy (non-hydrogen) atoms. The molecule has 1 saturated heterocycles. The molecule has 1 saturated carbocycles. The van der Waals surface area contributed by atoms with Crippen LogP contribution in [0.2, 0.25) is 0 Å². The molecule has 2 aromatic heterocycles. The summed E-state index contributed by atoms with van der Waals surface area (Å²) in [6.45, 7) is 6.74. The van der Waals surface area contributed by atoms with Crippen molar-refractivity contribution in [2.45, 2.75) is 38.6 Å². The Labute approximate surface area is 118 Å². The Morgan fingerprint density at radius 3 is 3.00 bits per heavy atom. The molecular weight excluding hydrogens is 252 g/mol. The highest BCUT2D eigenvalue weighted by molar-refractivity contribution is 5.84. The molecule has 0 aromatic carbocycles. The minimum absolute atomic E-state index is 0.376. The third kappa shape index (κ3) is 1.88. The normalized spacial score (nSPS) is 23.5. The summed E-state index contributed by atoms with van der Waals surface area (Å²) in [7, 11) is 0. The van der Waals surface area contributed by atoms with E-state index in [1.807, 2.05) is 0 Å². The quantitative estimate of drug-likeness (QED) is 0.912. The van der Waals surface area contributed by atoms with Gasteiger partial charge in [0.15, 0.2) is 5.65 Å². The number of hydrogen-bond donors (Lipinski definition) is 1. The number of pyridine rings is 1. The number of rotatable bonds is 2. The van der Waals surface area contributed by atoms with Crippen molar-refractivity contribution in [3.8, 4) is 0 Å². The molecule has 1 aliphatic carbocycles. The molecule has 0 bridgehead atoms. The number of fused-ring (bicyclic) bond motifs is 1. The first kappa shape index (κ1) is 12.1. The van der Waals surface area contributed by atoms with Crippen molar-refractivity contribution in [1.82, 2.24) is 15.2 Å². The molecule has 4 rings (SSSR count). The van der Waals surface area contributed by atoms with Crippen LogP contribution in [0.25, 0.3) is 11.0 Å². The largest absolute Gasteiger partial charge is 0.377 e. The summed E-state index contributed by atoms with van der Waals surface area (Å²) >= 11 is 0. The standard InChI is InChI=1S/C15H20N4O/c1-9-8-20-6-5-19(9)13-7-12(11-3-4-11)14-10(2)17-18-15(14)16-13/h7,9,11H,3-6,8H2,1-2H3,(H,16,17,18). The van der Waals surface area contributed by atoms with Crippen molar-refractivity contribution in [2.24, 2.45) is 0 Å². The molecule has 2 aromatic rings. The molecule has 5 heteroatoms. The van der Waals surface area contributed by atoms with Gasteiger partial charge in [0.1, 0.15) is 5.82 Å². The number of aromatic nitrogens is 3. The number of morpholine rings is 1. The van der Waals surface area contributed by atoms with Crippen LogP contribution in [0.1, 0.15) is 36.9 Å². The van der Waals surface area contributed by atoms with Gasteiger partial charge in [-0.1, -0.05) is 0 Å². The Balaban J connectivity index is 1.83. The second-order valence-corrected chi connectivity index (χ2v) is 6.01. The number of ether oxygens (including phenoxy) is 1. The minimum atomic E-state index is 0.376. The predicted molar refractivity (Wildman–Crippen MR) is 78.2 cm³/mol. The minimum Gasteiger partial charge on any atom is -0.377 e. The third-order valence-electron chi connectivity index (χ3n) is 4.40. The van der Waals surface area contributed by atoms with Gasteiger partial charge in [0.25, 0.3) is 0 Å². The smallest absolute Gasteiger partial charge is 0.183 e. The molecule has 0 spiro atoms. The highest BCUT2D eigenvalue weighted by Gasteiger charge is 2.29. The molecule has 106 valence electrons. The molecule has 3 heterocycles. The van der Waals surface area contributed by atoms with E-state index in [2.05, 4.69) is 35.0 Å². The number of nitrogens with zero attached hydrogens (tertiary/aromatic N) is 3. The van der Waals surface area contributed by atoms with Gasteiger partial charge >= 0.3 is 0 Å². The summed E-state index contributed by atoms with van der Waals surface area (Å²) in [4.78, 5) is 7.12. The highest BCUT2D eigenvalue weighted by Crippen LogP contribution is 2.44. The van der Waals surface area contributed by atoms with Gasteiger partial charge in [-0.15, -0.1) is 0 Å². The lowest BCUT2D eigenvalue weighted by atomic mass is 10.1. The number of aromatic amines is 1. The van der Waals surface area contributed by atoms with E-state index in [9.17, 15) is 0 Å². The summed E-state index contributed by atoms with van der Waals surface area (Å²) in [6, 6.07) is 2.66. The lowest BCUT2D eigenvalue weighted by molar-refractivity contribution is 0.0985. The topological polar surface area (TPSA) is 54.0 Å². The SMILES string of the molecule is Cc1[nH]nc2nc(N3CCOCC3C)cc(C3CC3)c12. The molecule has 2 fully saturated rings. The van der Waals surface area contributed by atoms with E-state index in [-0.39, 0.29) is 0 Å². The van der Waals surface area contributed by atoms with Crippen molar-refractivity contribution in [2.75, 3.05) is 24.7 Å². The van der Waals surface area contributed by atoms with Crippen LogP contribution in [0.5, 0.6) is 0 Å². The van der Waals surface area contributed by atoms with E-state index in [4.69, 9.17) is 9.72 Å². The number of hydrogen-bond acceptors (Lipinski definition) is 4. The van der Waals surface area contributed by atoms with E-state index in [1.165, 1.54) is 23.8 Å². The van der Waals surface area contributed by atoms with Crippen LogP contribution in [0.4, 0.5) is 5.82 Å². The third-order valence-corrected chi connectivity index (χ3v) is 4.40. The van der Waals surface area contributed by atoms with Crippen LogP contribution >= 0.6 is 0 Å². The number of nitrogens with one attached hydrogen (secondary N) is 1. The van der Waals surface area contributed by atoms with Gasteiger partial charge in [-0.05, 0) is 44.2 Å². The maximum absolute atomic E-state index is 5.52. The van der Waals surface area contributed by atoms with E-state index in [0.29, 0.717) is 12.0 Å². The second-order valence-electron chi connectivity index (χ2n) is 6.01. The highest BCUT2D eigenvalue weighted by atomic mass is 16.5. The average molecular weight is 272 g/mol. The lowest BCUT2D eigenvalue weighted by Gasteiger charge is -2.34. The molecule has 0 amide bonds. The first-order valence-electron chi connectivity index (χ1n) is 7.44. The van der Waals surface area contributed by atoms with Gasteiger partial charge in [0.05, 0.1) is 19.3 Å². The summed E-state index contributed by atoms with van der Waals surface area (Å²) in [5.41, 5.74) is 3.42. The summed E-state index contributed by atoms with van der Waals surface area (Å²) in [5, 5.41) is 8.69. The van der Waals surface area contributed by atoms with Crippen molar-refractivity contribution >= 4 is 16.9 Å². The number of H-pyrrole nitrogens is 1. The van der Waals surface area contributed by atoms with Gasteiger partial charge in [0.2, 0.25) is 0 Å². The molecule has 2 aliphatic rings. The van der Waals surface area contributed by atoms with E-state index in [1.54, 1.807) is 0 Å². The van der Waals surface area contributed by atoms with Gasteiger partial charge in [-0.25, -0.2) is 4.98 Å². The average Bonchev–Trinajstić information content (AvgIpc) is 3.23. The molecule has 1 atom stereocenters. The zero-order chi connectivity index (χ0) is 13.7. The fourth-order valence-corrected chi connectivity index (χ4v) is 3.13. The molecule has 1 N–H and O–H groups in total. The second kappa shape index (κ2) is 4.45. The van der Waals surface area contributed by atoms with Crippen LogP contribution in [0, 0.1) is 6.92 Å². The van der Waals surface area contributed by atoms with Crippen molar-refractivity contribution in [1.29, 1.82) is 0 Å². The molecule has 0 radical (unpaired) electrons. The molecule has 1 unspecified atom stereocenters. The van der Waals surface area contributed by atoms with Crippen LogP contribution in [-0.4, -0.2) is 41.0 Å². The van der Waals surface area contributed by atoms with Gasteiger partial charge < -0.3 is 9.64 Å². The van der Waals surface area contributed by atoms with Crippen molar-refractivity contribution < 1.29 is 4.74 Å². The Hall–Kier alpha value is -1.62. The lowest BCUT2D eigenvalue weighted by Crippen LogP contribution is -2.44. The fraction of sp³-hybridized carbons (Fsp3) is 0.600. The zero-order valence-electron chi connectivity index (χ0n) is 12.0. The summed E-state index contributed by atoms with van der Waals surface area (Å²) in [6.07, 6.45) is 2.59. The maximum atomic E-state index is 5.52. The number of aryl methyl sites for hydroxylation is 1. The van der Waals surface area contributed by atoms with Crippen LogP contribution in [0.15, 0.2) is 6.07 Å². The van der Waals surface area contributed by atoms with Crippen molar-refractivity contribution in [3.05, 3.63) is 17.3 Å².